The van der Waals surface area contributed by atoms with Crippen LogP contribution in [-0.4, -0.2) is 22.7 Å². The maximum Gasteiger partial charge on any atom is 0.219 e. The molecule has 110 valence electrons. The molecule has 21 heavy (non-hydrogen) atoms. The van der Waals surface area contributed by atoms with Crippen LogP contribution in [0.15, 0.2) is 30.7 Å². The lowest BCUT2D eigenvalue weighted by Gasteiger charge is -2.15. The number of fused-ring (bicyclic) bond motifs is 1. The van der Waals surface area contributed by atoms with Gasteiger partial charge in [0, 0.05) is 23.9 Å². The minimum absolute atomic E-state index is 0.122. The average molecular weight is 311 g/mol. The van der Waals surface area contributed by atoms with Crippen molar-refractivity contribution >= 4 is 10.0 Å². The van der Waals surface area contributed by atoms with Crippen molar-refractivity contribution in [2.45, 2.75) is 18.8 Å². The summed E-state index contributed by atoms with van der Waals surface area (Å²) in [5.41, 5.74) is 1.17. The van der Waals surface area contributed by atoms with Gasteiger partial charge in [-0.25, -0.2) is 27.2 Å². The van der Waals surface area contributed by atoms with Crippen LogP contribution in [0.3, 0.4) is 0 Å². The van der Waals surface area contributed by atoms with Crippen LogP contribution in [0.1, 0.15) is 16.8 Å². The third-order valence-electron chi connectivity index (χ3n) is 3.29. The van der Waals surface area contributed by atoms with E-state index in [1.165, 1.54) is 10.6 Å². The van der Waals surface area contributed by atoms with Crippen LogP contribution >= 0.6 is 0 Å². The second-order valence-corrected chi connectivity index (χ2v) is 6.72. The second-order valence-electron chi connectivity index (χ2n) is 4.75. The minimum atomic E-state index is -3.76. The summed E-state index contributed by atoms with van der Waals surface area (Å²) >= 11 is 0. The maximum atomic E-state index is 13.6. The van der Waals surface area contributed by atoms with E-state index in [1.807, 2.05) is 0 Å². The van der Waals surface area contributed by atoms with Gasteiger partial charge in [0.2, 0.25) is 10.0 Å². The van der Waals surface area contributed by atoms with Crippen molar-refractivity contribution < 1.29 is 17.2 Å². The quantitative estimate of drug-likeness (QED) is 0.864. The van der Waals surface area contributed by atoms with Gasteiger partial charge in [-0.1, -0.05) is 0 Å². The van der Waals surface area contributed by atoms with Crippen molar-refractivity contribution in [2.75, 3.05) is 0 Å². The lowest BCUT2D eigenvalue weighted by Crippen LogP contribution is -2.27. The molecule has 0 bridgehead atoms. The first-order valence-electron chi connectivity index (χ1n) is 6.15. The first-order chi connectivity index (χ1) is 9.95. The molecule has 1 aliphatic heterocycles. The molecule has 2 heterocycles. The van der Waals surface area contributed by atoms with Gasteiger partial charge in [-0.3, -0.25) is 0 Å². The number of benzene rings is 1. The third kappa shape index (κ3) is 2.77. The highest BCUT2D eigenvalue weighted by Gasteiger charge is 2.30. The number of sulfonamides is 1. The minimum Gasteiger partial charge on any atom is -0.244 e. The van der Waals surface area contributed by atoms with Crippen LogP contribution < -0.4 is 0 Å². The van der Waals surface area contributed by atoms with Gasteiger partial charge < -0.3 is 0 Å². The van der Waals surface area contributed by atoms with Crippen LogP contribution in [0.5, 0.6) is 0 Å². The first kappa shape index (κ1) is 14.0. The normalized spacial score (nSPS) is 15.1. The number of nitrogens with zero attached hydrogens (tertiary/aromatic N) is 3. The number of hydrogen-bond acceptors (Lipinski definition) is 4. The van der Waals surface area contributed by atoms with Gasteiger partial charge >= 0.3 is 0 Å². The molecule has 2 aromatic rings. The van der Waals surface area contributed by atoms with E-state index in [1.54, 1.807) is 6.20 Å². The molecule has 8 heteroatoms. The Balaban J connectivity index is 1.84. The van der Waals surface area contributed by atoms with E-state index in [0.717, 1.165) is 23.8 Å². The van der Waals surface area contributed by atoms with Crippen LogP contribution in [0.2, 0.25) is 0 Å². The summed E-state index contributed by atoms with van der Waals surface area (Å²) in [6.07, 6.45) is 2.90. The SMILES string of the molecule is O=S(=O)(Cc1cc(F)ccc1F)N1Cc2cncnc2C1. The molecule has 0 N–H and O–H groups in total. The van der Waals surface area contributed by atoms with Crippen molar-refractivity contribution in [1.82, 2.24) is 14.3 Å². The Labute approximate surface area is 120 Å². The molecule has 1 aliphatic rings. The summed E-state index contributed by atoms with van der Waals surface area (Å²) in [6, 6.07) is 2.77. The lowest BCUT2D eigenvalue weighted by molar-refractivity contribution is 0.428. The third-order valence-corrected chi connectivity index (χ3v) is 5.01. The van der Waals surface area contributed by atoms with E-state index in [0.29, 0.717) is 5.69 Å². The number of aromatic nitrogens is 2. The molecule has 0 saturated heterocycles. The van der Waals surface area contributed by atoms with Crippen molar-refractivity contribution in [3.8, 4) is 0 Å². The van der Waals surface area contributed by atoms with Gasteiger partial charge in [0.25, 0.3) is 0 Å². The molecule has 0 amide bonds. The molecule has 3 rings (SSSR count). The molecule has 0 fully saturated rings. The zero-order valence-corrected chi connectivity index (χ0v) is 11.6. The molecule has 0 unspecified atom stereocenters. The molecule has 0 atom stereocenters. The number of hydrogen-bond donors (Lipinski definition) is 0. The Bertz CT molecular complexity index is 771. The van der Waals surface area contributed by atoms with Crippen LogP contribution in [0, 0.1) is 11.6 Å². The lowest BCUT2D eigenvalue weighted by atomic mass is 10.2. The van der Waals surface area contributed by atoms with E-state index in [-0.39, 0.29) is 18.7 Å². The van der Waals surface area contributed by atoms with Gasteiger partial charge in [0.1, 0.15) is 18.0 Å². The highest BCUT2D eigenvalue weighted by molar-refractivity contribution is 7.88. The van der Waals surface area contributed by atoms with E-state index < -0.39 is 27.4 Å². The van der Waals surface area contributed by atoms with Crippen LogP contribution in [0.25, 0.3) is 0 Å². The fourth-order valence-electron chi connectivity index (χ4n) is 2.21. The van der Waals surface area contributed by atoms with Crippen molar-refractivity contribution in [2.24, 2.45) is 0 Å². The molecule has 0 radical (unpaired) electrons. The summed E-state index contributed by atoms with van der Waals surface area (Å²) in [5, 5.41) is 0. The monoisotopic (exact) mass is 311 g/mol. The second kappa shape index (κ2) is 5.12. The molecule has 5 nitrogen and oxygen atoms in total. The Kier molecular flexibility index (Phi) is 3.42. The summed E-state index contributed by atoms with van der Waals surface area (Å²) in [5.74, 6) is -1.99. The van der Waals surface area contributed by atoms with Crippen molar-refractivity contribution in [1.29, 1.82) is 0 Å². The Hall–Kier alpha value is -1.93. The Morgan fingerprint density at radius 2 is 2.05 bits per heavy atom. The predicted octanol–water partition coefficient (Wildman–Crippen LogP) is 1.60. The zero-order valence-electron chi connectivity index (χ0n) is 10.8. The largest absolute Gasteiger partial charge is 0.244 e. The van der Waals surface area contributed by atoms with Gasteiger partial charge in [-0.15, -0.1) is 0 Å². The molecular weight excluding hydrogens is 300 g/mol. The maximum absolute atomic E-state index is 13.6. The smallest absolute Gasteiger partial charge is 0.219 e. The van der Waals surface area contributed by atoms with Crippen molar-refractivity contribution in [3.63, 3.8) is 0 Å². The summed E-state index contributed by atoms with van der Waals surface area (Å²) < 4.78 is 52.5. The van der Waals surface area contributed by atoms with Gasteiger partial charge in [0.05, 0.1) is 18.0 Å². The van der Waals surface area contributed by atoms with Crippen LogP contribution in [0.4, 0.5) is 8.78 Å². The van der Waals surface area contributed by atoms with Crippen LogP contribution in [-0.2, 0) is 28.9 Å². The zero-order chi connectivity index (χ0) is 15.0. The molecule has 0 spiro atoms. The molecule has 0 saturated carbocycles. The van der Waals surface area contributed by atoms with Gasteiger partial charge in [0.15, 0.2) is 0 Å². The van der Waals surface area contributed by atoms with Gasteiger partial charge in [-0.2, -0.15) is 4.31 Å². The topological polar surface area (TPSA) is 63.2 Å². The van der Waals surface area contributed by atoms with E-state index in [4.69, 9.17) is 0 Å². The standard InChI is InChI=1S/C13H11F2N3O2S/c14-11-1-2-12(15)9(3-11)7-21(19,20)18-5-10-4-16-8-17-13(10)6-18/h1-4,8H,5-7H2. The molecule has 1 aromatic carbocycles. The number of rotatable bonds is 3. The molecule has 0 aliphatic carbocycles. The highest BCUT2D eigenvalue weighted by atomic mass is 32.2. The Morgan fingerprint density at radius 1 is 1.24 bits per heavy atom. The summed E-state index contributed by atoms with van der Waals surface area (Å²) in [6.45, 7) is 0.270. The fraction of sp³-hybridized carbons (Fsp3) is 0.231. The Morgan fingerprint density at radius 3 is 2.81 bits per heavy atom. The highest BCUT2D eigenvalue weighted by Crippen LogP contribution is 2.25. The van der Waals surface area contributed by atoms with Crippen molar-refractivity contribution in [3.05, 3.63) is 59.2 Å². The first-order valence-corrected chi connectivity index (χ1v) is 7.76. The molecular formula is C13H11F2N3O2S. The number of halogens is 2. The predicted molar refractivity (Wildman–Crippen MR) is 70.3 cm³/mol. The van der Waals surface area contributed by atoms with Gasteiger partial charge in [-0.05, 0) is 18.2 Å². The average Bonchev–Trinajstić information content (AvgIpc) is 2.87. The fourth-order valence-corrected chi connectivity index (χ4v) is 3.66. The summed E-state index contributed by atoms with van der Waals surface area (Å²) in [4.78, 5) is 7.85. The molecule has 1 aromatic heterocycles. The summed E-state index contributed by atoms with van der Waals surface area (Å²) in [7, 11) is -3.76. The van der Waals surface area contributed by atoms with E-state index in [2.05, 4.69) is 9.97 Å². The van der Waals surface area contributed by atoms with E-state index >= 15 is 0 Å². The van der Waals surface area contributed by atoms with E-state index in [9.17, 15) is 17.2 Å².